The number of nitrogens with two attached hydrogens (primary N) is 1. The zero-order valence-electron chi connectivity index (χ0n) is 6.27. The Morgan fingerprint density at radius 3 is 3.33 bits per heavy atom. The Hall–Kier alpha value is -1.84. The molecule has 0 saturated carbocycles. The summed E-state index contributed by atoms with van der Waals surface area (Å²) >= 11 is 0. The van der Waals surface area contributed by atoms with Crippen LogP contribution in [0.1, 0.15) is 5.56 Å². The van der Waals surface area contributed by atoms with Crippen molar-refractivity contribution in [2.24, 2.45) is 10.9 Å². The minimum atomic E-state index is 0.604. The van der Waals surface area contributed by atoms with E-state index in [0.717, 1.165) is 10.9 Å². The second-order valence-electron chi connectivity index (χ2n) is 2.33. The van der Waals surface area contributed by atoms with E-state index in [1.165, 1.54) is 6.21 Å². The van der Waals surface area contributed by atoms with Crippen LogP contribution in [-0.4, -0.2) is 11.2 Å². The van der Waals surface area contributed by atoms with Gasteiger partial charge in [0.2, 0.25) is 5.71 Å². The van der Waals surface area contributed by atoms with E-state index in [0.29, 0.717) is 5.71 Å². The number of furan rings is 1. The first-order valence-corrected chi connectivity index (χ1v) is 3.47. The van der Waals surface area contributed by atoms with Gasteiger partial charge in [-0.3, -0.25) is 0 Å². The molecule has 2 aromatic heterocycles. The molecule has 4 nitrogen and oxygen atoms in total. The summed E-state index contributed by atoms with van der Waals surface area (Å²) < 4.78 is 5.14. The maximum atomic E-state index is 5.14. The Bertz CT molecular complexity index is 419. The standard InChI is InChI=1S/C8H7N3O/c9-11-4-6-5-12-8-7(6)2-1-3-10-8/h1-5H,9H2/b11-4+. The zero-order chi connectivity index (χ0) is 8.39. The van der Waals surface area contributed by atoms with Gasteiger partial charge in [0, 0.05) is 17.1 Å². The second-order valence-corrected chi connectivity index (χ2v) is 2.33. The van der Waals surface area contributed by atoms with Gasteiger partial charge < -0.3 is 10.3 Å². The zero-order valence-corrected chi connectivity index (χ0v) is 6.27. The van der Waals surface area contributed by atoms with Gasteiger partial charge >= 0.3 is 0 Å². The molecule has 2 heterocycles. The van der Waals surface area contributed by atoms with Crippen LogP contribution < -0.4 is 5.84 Å². The maximum Gasteiger partial charge on any atom is 0.226 e. The Morgan fingerprint density at radius 2 is 2.50 bits per heavy atom. The minimum Gasteiger partial charge on any atom is -0.445 e. The van der Waals surface area contributed by atoms with Gasteiger partial charge in [0.15, 0.2) is 0 Å². The summed E-state index contributed by atoms with van der Waals surface area (Å²) in [6.45, 7) is 0. The fraction of sp³-hybridized carbons (Fsp3) is 0. The molecule has 0 radical (unpaired) electrons. The van der Waals surface area contributed by atoms with Crippen LogP contribution in [0.3, 0.4) is 0 Å². The summed E-state index contributed by atoms with van der Waals surface area (Å²) in [7, 11) is 0. The van der Waals surface area contributed by atoms with Crippen molar-refractivity contribution in [1.82, 2.24) is 4.98 Å². The highest BCUT2D eigenvalue weighted by atomic mass is 16.3. The van der Waals surface area contributed by atoms with E-state index >= 15 is 0 Å². The van der Waals surface area contributed by atoms with Crippen molar-refractivity contribution in [2.45, 2.75) is 0 Å². The van der Waals surface area contributed by atoms with Crippen LogP contribution >= 0.6 is 0 Å². The summed E-state index contributed by atoms with van der Waals surface area (Å²) in [6, 6.07) is 3.74. The first-order chi connectivity index (χ1) is 5.92. The predicted molar refractivity (Wildman–Crippen MR) is 45.8 cm³/mol. The van der Waals surface area contributed by atoms with Crippen molar-refractivity contribution < 1.29 is 4.42 Å². The number of pyridine rings is 1. The Labute approximate surface area is 68.7 Å². The first kappa shape index (κ1) is 6.84. The summed E-state index contributed by atoms with van der Waals surface area (Å²) in [6.07, 6.45) is 4.79. The van der Waals surface area contributed by atoms with E-state index in [9.17, 15) is 0 Å². The number of fused-ring (bicyclic) bond motifs is 1. The van der Waals surface area contributed by atoms with Crippen LogP contribution in [0.15, 0.2) is 34.1 Å². The highest BCUT2D eigenvalue weighted by Crippen LogP contribution is 2.16. The lowest BCUT2D eigenvalue weighted by Crippen LogP contribution is -1.83. The van der Waals surface area contributed by atoms with Gasteiger partial charge in [-0.05, 0) is 12.1 Å². The lowest BCUT2D eigenvalue weighted by Gasteiger charge is -1.85. The molecule has 2 N–H and O–H groups in total. The first-order valence-electron chi connectivity index (χ1n) is 3.47. The van der Waals surface area contributed by atoms with E-state index in [1.807, 2.05) is 12.1 Å². The average Bonchev–Trinajstić information content (AvgIpc) is 2.50. The summed E-state index contributed by atoms with van der Waals surface area (Å²) in [4.78, 5) is 4.01. The maximum absolute atomic E-state index is 5.14. The van der Waals surface area contributed by atoms with Crippen LogP contribution in [0.25, 0.3) is 11.1 Å². The fourth-order valence-electron chi connectivity index (χ4n) is 1.07. The molecule has 0 atom stereocenters. The highest BCUT2D eigenvalue weighted by molar-refractivity contribution is 5.96. The third-order valence-electron chi connectivity index (χ3n) is 1.59. The molecule has 0 saturated heterocycles. The molecule has 0 bridgehead atoms. The number of aromatic nitrogens is 1. The van der Waals surface area contributed by atoms with Gasteiger partial charge in [0.05, 0.1) is 6.21 Å². The second kappa shape index (κ2) is 2.65. The summed E-state index contributed by atoms with van der Waals surface area (Å²) in [5, 5.41) is 4.34. The molecule has 0 aliphatic rings. The summed E-state index contributed by atoms with van der Waals surface area (Å²) in [5.74, 6) is 5.02. The lowest BCUT2D eigenvalue weighted by atomic mass is 10.2. The van der Waals surface area contributed by atoms with E-state index < -0.39 is 0 Å². The molecule has 60 valence electrons. The SMILES string of the molecule is N/N=C/c1coc2ncccc12. The molecular weight excluding hydrogens is 154 g/mol. The largest absolute Gasteiger partial charge is 0.445 e. The molecule has 0 amide bonds. The smallest absolute Gasteiger partial charge is 0.226 e. The van der Waals surface area contributed by atoms with Gasteiger partial charge in [-0.15, -0.1) is 0 Å². The third kappa shape index (κ3) is 0.934. The molecule has 4 heteroatoms. The third-order valence-corrected chi connectivity index (χ3v) is 1.59. The lowest BCUT2D eigenvalue weighted by molar-refractivity contribution is 0.602. The van der Waals surface area contributed by atoms with Gasteiger partial charge in [-0.2, -0.15) is 5.10 Å². The van der Waals surface area contributed by atoms with Crippen LogP contribution in [0.5, 0.6) is 0 Å². The molecule has 0 unspecified atom stereocenters. The van der Waals surface area contributed by atoms with Gasteiger partial charge in [-0.1, -0.05) is 0 Å². The number of hydrazone groups is 1. The van der Waals surface area contributed by atoms with Gasteiger partial charge in [0.1, 0.15) is 6.26 Å². The van der Waals surface area contributed by atoms with Crippen molar-refractivity contribution in [3.05, 3.63) is 30.2 Å². The van der Waals surface area contributed by atoms with Gasteiger partial charge in [-0.25, -0.2) is 4.98 Å². The van der Waals surface area contributed by atoms with Crippen molar-refractivity contribution in [1.29, 1.82) is 0 Å². The molecular formula is C8H7N3O. The van der Waals surface area contributed by atoms with Crippen LogP contribution in [0.4, 0.5) is 0 Å². The predicted octanol–water partition coefficient (Wildman–Crippen LogP) is 1.12. The molecule has 0 aromatic carbocycles. The molecule has 0 aliphatic heterocycles. The van der Waals surface area contributed by atoms with Crippen molar-refractivity contribution in [3.8, 4) is 0 Å². The van der Waals surface area contributed by atoms with Crippen LogP contribution in [-0.2, 0) is 0 Å². The molecule has 0 spiro atoms. The topological polar surface area (TPSA) is 64.4 Å². The van der Waals surface area contributed by atoms with E-state index in [1.54, 1.807) is 12.5 Å². The quantitative estimate of drug-likeness (QED) is 0.387. The number of rotatable bonds is 1. The van der Waals surface area contributed by atoms with Crippen LogP contribution in [0, 0.1) is 0 Å². The Kier molecular flexibility index (Phi) is 1.51. The normalized spacial score (nSPS) is 11.3. The number of hydrogen-bond donors (Lipinski definition) is 1. The van der Waals surface area contributed by atoms with Crippen molar-refractivity contribution in [2.75, 3.05) is 0 Å². The fourth-order valence-corrected chi connectivity index (χ4v) is 1.07. The number of nitrogens with zero attached hydrogens (tertiary/aromatic N) is 2. The molecule has 0 aliphatic carbocycles. The van der Waals surface area contributed by atoms with Crippen molar-refractivity contribution >= 4 is 17.3 Å². The monoisotopic (exact) mass is 161 g/mol. The average molecular weight is 161 g/mol. The van der Waals surface area contributed by atoms with Gasteiger partial charge in [0.25, 0.3) is 0 Å². The molecule has 2 rings (SSSR count). The molecule has 2 aromatic rings. The highest BCUT2D eigenvalue weighted by Gasteiger charge is 2.02. The van der Waals surface area contributed by atoms with Crippen molar-refractivity contribution in [3.63, 3.8) is 0 Å². The van der Waals surface area contributed by atoms with E-state index in [4.69, 9.17) is 10.3 Å². The van der Waals surface area contributed by atoms with Crippen LogP contribution in [0.2, 0.25) is 0 Å². The van der Waals surface area contributed by atoms with E-state index in [-0.39, 0.29) is 0 Å². The molecule has 0 fully saturated rings. The molecule has 12 heavy (non-hydrogen) atoms. The Balaban J connectivity index is 2.70. The minimum absolute atomic E-state index is 0.604. The summed E-state index contributed by atoms with van der Waals surface area (Å²) in [5.41, 5.74) is 1.45. The van der Waals surface area contributed by atoms with E-state index in [2.05, 4.69) is 10.1 Å². The number of hydrogen-bond acceptors (Lipinski definition) is 4. The Morgan fingerprint density at radius 1 is 1.58 bits per heavy atom.